The van der Waals surface area contributed by atoms with Crippen molar-refractivity contribution in [3.8, 4) is 11.5 Å². The third-order valence-corrected chi connectivity index (χ3v) is 4.29. The minimum atomic E-state index is 0.725. The predicted octanol–water partition coefficient (Wildman–Crippen LogP) is 4.83. The van der Waals surface area contributed by atoms with Gasteiger partial charge >= 0.3 is 0 Å². The van der Waals surface area contributed by atoms with Crippen molar-refractivity contribution in [2.24, 2.45) is 5.16 Å². The number of hydrogen-bond acceptors (Lipinski definition) is 5. The van der Waals surface area contributed by atoms with Crippen molar-refractivity contribution in [3.05, 3.63) is 52.1 Å². The zero-order valence-electron chi connectivity index (χ0n) is 11.1. The van der Waals surface area contributed by atoms with Crippen LogP contribution in [0, 0.1) is 0 Å². The molecule has 0 aliphatic carbocycles. The zero-order valence-corrected chi connectivity index (χ0v) is 13.5. The van der Waals surface area contributed by atoms with Crippen LogP contribution in [0.1, 0.15) is 4.88 Å². The molecule has 4 nitrogen and oxygen atoms in total. The Labute approximate surface area is 134 Å². The highest BCUT2D eigenvalue weighted by molar-refractivity contribution is 9.10. The SMILES string of the molecule is CO/N=C/c1cc2c(Oc3ccc(Br)cc3)cncc2s1. The summed E-state index contributed by atoms with van der Waals surface area (Å²) in [6.07, 6.45) is 5.21. The number of nitrogens with zero attached hydrogens (tertiary/aromatic N) is 2. The monoisotopic (exact) mass is 362 g/mol. The van der Waals surface area contributed by atoms with Crippen LogP contribution >= 0.6 is 27.3 Å². The molecular formula is C15H11BrN2O2S. The van der Waals surface area contributed by atoms with Crippen molar-refractivity contribution in [3.63, 3.8) is 0 Å². The lowest BCUT2D eigenvalue weighted by atomic mass is 10.3. The molecule has 1 aromatic carbocycles. The Balaban J connectivity index is 1.96. The molecule has 3 aromatic rings. The van der Waals surface area contributed by atoms with E-state index < -0.39 is 0 Å². The fourth-order valence-electron chi connectivity index (χ4n) is 1.83. The maximum absolute atomic E-state index is 5.91. The van der Waals surface area contributed by atoms with E-state index in [-0.39, 0.29) is 0 Å². The maximum atomic E-state index is 5.91. The first-order valence-corrected chi connectivity index (χ1v) is 7.75. The molecule has 0 saturated heterocycles. The second kappa shape index (κ2) is 6.24. The number of thiophene rings is 1. The highest BCUT2D eigenvalue weighted by Crippen LogP contribution is 2.34. The Morgan fingerprint density at radius 3 is 2.81 bits per heavy atom. The molecule has 0 atom stereocenters. The molecule has 106 valence electrons. The lowest BCUT2D eigenvalue weighted by Gasteiger charge is -2.06. The summed E-state index contributed by atoms with van der Waals surface area (Å²) in [5, 5.41) is 4.79. The fourth-order valence-corrected chi connectivity index (χ4v) is 3.01. The topological polar surface area (TPSA) is 43.7 Å². The second-order valence-electron chi connectivity index (χ2n) is 4.17. The summed E-state index contributed by atoms with van der Waals surface area (Å²) >= 11 is 4.99. The number of benzene rings is 1. The van der Waals surface area contributed by atoms with Crippen molar-refractivity contribution in [2.45, 2.75) is 0 Å². The van der Waals surface area contributed by atoms with Gasteiger partial charge in [-0.3, -0.25) is 4.98 Å². The Bertz CT molecular complexity index is 784. The van der Waals surface area contributed by atoms with Gasteiger partial charge < -0.3 is 9.57 Å². The van der Waals surface area contributed by atoms with Crippen LogP contribution in [-0.4, -0.2) is 18.3 Å². The molecule has 0 aliphatic rings. The molecule has 0 N–H and O–H groups in total. The summed E-state index contributed by atoms with van der Waals surface area (Å²) in [5.41, 5.74) is 0. The van der Waals surface area contributed by atoms with Crippen LogP contribution in [0.5, 0.6) is 11.5 Å². The van der Waals surface area contributed by atoms with Gasteiger partial charge in [-0.05, 0) is 30.3 Å². The highest BCUT2D eigenvalue weighted by Gasteiger charge is 2.08. The van der Waals surface area contributed by atoms with E-state index in [1.807, 2.05) is 36.5 Å². The number of ether oxygens (including phenoxy) is 1. The van der Waals surface area contributed by atoms with Crippen molar-refractivity contribution in [2.75, 3.05) is 7.11 Å². The minimum absolute atomic E-state index is 0.725. The van der Waals surface area contributed by atoms with Gasteiger partial charge in [-0.25, -0.2) is 0 Å². The van der Waals surface area contributed by atoms with Crippen molar-refractivity contribution >= 4 is 43.6 Å². The Morgan fingerprint density at radius 1 is 1.24 bits per heavy atom. The standard InChI is InChI=1S/C15H11BrN2O2S/c1-19-18-7-12-6-13-14(8-17-9-15(13)21-12)20-11-4-2-10(16)3-5-11/h2-9H,1H3/b18-7+. The summed E-state index contributed by atoms with van der Waals surface area (Å²) in [4.78, 5) is 9.91. The number of oxime groups is 1. The summed E-state index contributed by atoms with van der Waals surface area (Å²) in [5.74, 6) is 1.49. The van der Waals surface area contributed by atoms with E-state index in [0.29, 0.717) is 0 Å². The van der Waals surface area contributed by atoms with Gasteiger partial charge in [0.15, 0.2) is 5.75 Å². The molecule has 0 unspecified atom stereocenters. The number of fused-ring (bicyclic) bond motifs is 1. The molecule has 2 aromatic heterocycles. The normalized spacial score (nSPS) is 11.1. The van der Waals surface area contributed by atoms with Gasteiger partial charge in [-0.15, -0.1) is 11.3 Å². The molecule has 0 aliphatic heterocycles. The summed E-state index contributed by atoms with van der Waals surface area (Å²) in [6, 6.07) is 9.70. The largest absolute Gasteiger partial charge is 0.455 e. The minimum Gasteiger partial charge on any atom is -0.455 e. The van der Waals surface area contributed by atoms with Crippen molar-refractivity contribution in [1.82, 2.24) is 4.98 Å². The van der Waals surface area contributed by atoms with E-state index in [4.69, 9.17) is 9.57 Å². The first-order valence-electron chi connectivity index (χ1n) is 6.14. The lowest BCUT2D eigenvalue weighted by molar-refractivity contribution is 0.215. The van der Waals surface area contributed by atoms with Gasteiger partial charge in [0, 0.05) is 16.1 Å². The van der Waals surface area contributed by atoms with Gasteiger partial charge in [-0.2, -0.15) is 0 Å². The van der Waals surface area contributed by atoms with Gasteiger partial charge in [0.25, 0.3) is 0 Å². The molecule has 0 saturated carbocycles. The fraction of sp³-hybridized carbons (Fsp3) is 0.0667. The van der Waals surface area contributed by atoms with Crippen LogP contribution in [-0.2, 0) is 4.84 Å². The van der Waals surface area contributed by atoms with E-state index >= 15 is 0 Å². The molecule has 0 amide bonds. The van der Waals surface area contributed by atoms with Gasteiger partial charge in [-0.1, -0.05) is 21.1 Å². The van der Waals surface area contributed by atoms with Crippen molar-refractivity contribution < 1.29 is 9.57 Å². The number of pyridine rings is 1. The molecule has 0 radical (unpaired) electrons. The molecule has 6 heteroatoms. The Hall–Kier alpha value is -1.92. The maximum Gasteiger partial charge on any atom is 0.154 e. The van der Waals surface area contributed by atoms with Crippen LogP contribution < -0.4 is 4.74 Å². The first-order chi connectivity index (χ1) is 10.3. The van der Waals surface area contributed by atoms with E-state index in [0.717, 1.165) is 30.9 Å². The van der Waals surface area contributed by atoms with E-state index in [9.17, 15) is 0 Å². The average Bonchev–Trinajstić information content (AvgIpc) is 2.91. The van der Waals surface area contributed by atoms with E-state index in [2.05, 4.69) is 26.1 Å². The van der Waals surface area contributed by atoms with E-state index in [1.165, 1.54) is 7.11 Å². The van der Waals surface area contributed by atoms with Crippen LogP contribution in [0.3, 0.4) is 0 Å². The quantitative estimate of drug-likeness (QED) is 0.493. The third-order valence-electron chi connectivity index (χ3n) is 2.76. The van der Waals surface area contributed by atoms with Gasteiger partial charge in [0.05, 0.1) is 22.0 Å². The lowest BCUT2D eigenvalue weighted by Crippen LogP contribution is -1.85. The summed E-state index contributed by atoms with van der Waals surface area (Å²) < 4.78 is 7.97. The van der Waals surface area contributed by atoms with Crippen LogP contribution in [0.2, 0.25) is 0 Å². The average molecular weight is 363 g/mol. The predicted molar refractivity (Wildman–Crippen MR) is 88.4 cm³/mol. The summed E-state index contributed by atoms with van der Waals surface area (Å²) in [7, 11) is 1.52. The molecule has 0 fully saturated rings. The van der Waals surface area contributed by atoms with Gasteiger partial charge in [0.2, 0.25) is 0 Å². The molecule has 2 heterocycles. The smallest absolute Gasteiger partial charge is 0.154 e. The molecule has 0 bridgehead atoms. The summed E-state index contributed by atoms with van der Waals surface area (Å²) in [6.45, 7) is 0. The Kier molecular flexibility index (Phi) is 4.17. The second-order valence-corrected chi connectivity index (χ2v) is 6.20. The number of hydrogen-bond donors (Lipinski definition) is 0. The Morgan fingerprint density at radius 2 is 2.05 bits per heavy atom. The van der Waals surface area contributed by atoms with Crippen molar-refractivity contribution in [1.29, 1.82) is 0 Å². The zero-order chi connectivity index (χ0) is 14.7. The molecule has 21 heavy (non-hydrogen) atoms. The number of halogens is 1. The third kappa shape index (κ3) is 3.22. The van der Waals surface area contributed by atoms with Crippen LogP contribution in [0.25, 0.3) is 10.1 Å². The number of aromatic nitrogens is 1. The highest BCUT2D eigenvalue weighted by atomic mass is 79.9. The number of rotatable bonds is 4. The first kappa shape index (κ1) is 14.0. The van der Waals surface area contributed by atoms with Crippen LogP contribution in [0.4, 0.5) is 0 Å². The van der Waals surface area contributed by atoms with Gasteiger partial charge in [0.1, 0.15) is 12.9 Å². The molecule has 3 rings (SSSR count). The molecule has 0 spiro atoms. The van der Waals surface area contributed by atoms with Crippen LogP contribution in [0.15, 0.2) is 52.4 Å². The van der Waals surface area contributed by atoms with E-state index in [1.54, 1.807) is 23.7 Å². The molecular weight excluding hydrogens is 352 g/mol.